The second-order valence-corrected chi connectivity index (χ2v) is 4.17. The van der Waals surface area contributed by atoms with E-state index in [1.807, 2.05) is 0 Å². The Kier molecular flexibility index (Phi) is 3.66. The van der Waals surface area contributed by atoms with Crippen LogP contribution in [0.4, 0.5) is 23.7 Å². The minimum Gasteiger partial charge on any atom is -0.444 e. The maximum absolute atomic E-state index is 12.4. The van der Waals surface area contributed by atoms with E-state index < -0.39 is 23.9 Å². The molecule has 104 valence electrons. The first-order valence-electron chi connectivity index (χ1n) is 5.68. The van der Waals surface area contributed by atoms with Crippen molar-refractivity contribution in [2.45, 2.75) is 18.7 Å². The molecule has 4 nitrogen and oxygen atoms in total. The van der Waals surface area contributed by atoms with Gasteiger partial charge in [-0.3, -0.25) is 4.90 Å². The molecule has 0 aliphatic carbocycles. The molecule has 0 bridgehead atoms. The predicted octanol–water partition coefficient (Wildman–Crippen LogP) is 2.41. The first kappa shape index (κ1) is 13.7. The molecule has 0 aromatic heterocycles. The molecule has 1 heterocycles. The van der Waals surface area contributed by atoms with E-state index in [0.29, 0.717) is 12.1 Å². The van der Waals surface area contributed by atoms with Crippen molar-refractivity contribution >= 4 is 11.8 Å². The molecule has 0 radical (unpaired) electrons. The van der Waals surface area contributed by atoms with Crippen molar-refractivity contribution in [1.82, 2.24) is 0 Å². The van der Waals surface area contributed by atoms with Gasteiger partial charge in [-0.2, -0.15) is 13.2 Å². The van der Waals surface area contributed by atoms with Crippen LogP contribution in [0.2, 0.25) is 0 Å². The minimum atomic E-state index is -4.40. The van der Waals surface area contributed by atoms with Crippen LogP contribution in [-0.2, 0) is 10.9 Å². The molecular formula is C12H12F3NO3. The van der Waals surface area contributed by atoms with Crippen LogP contribution < -0.4 is 4.90 Å². The molecule has 1 unspecified atom stereocenters. The number of rotatable bonds is 3. The number of benzene rings is 1. The molecule has 1 amide bonds. The molecule has 1 aliphatic rings. The van der Waals surface area contributed by atoms with E-state index in [9.17, 15) is 18.0 Å². The van der Waals surface area contributed by atoms with Gasteiger partial charge in [0.15, 0.2) is 0 Å². The molecular weight excluding hydrogens is 263 g/mol. The Hall–Kier alpha value is -1.76. The van der Waals surface area contributed by atoms with Crippen molar-refractivity contribution < 1.29 is 27.8 Å². The smallest absolute Gasteiger partial charge is 0.416 e. The molecule has 1 N–H and O–H groups in total. The van der Waals surface area contributed by atoms with E-state index in [4.69, 9.17) is 9.84 Å². The largest absolute Gasteiger partial charge is 0.444 e. The fourth-order valence-corrected chi connectivity index (χ4v) is 1.86. The summed E-state index contributed by atoms with van der Waals surface area (Å²) < 4.78 is 42.2. The quantitative estimate of drug-likeness (QED) is 0.921. The van der Waals surface area contributed by atoms with E-state index in [1.54, 1.807) is 0 Å². The van der Waals surface area contributed by atoms with Gasteiger partial charge in [0.1, 0.15) is 6.10 Å². The predicted molar refractivity (Wildman–Crippen MR) is 60.8 cm³/mol. The summed E-state index contributed by atoms with van der Waals surface area (Å²) in [5.41, 5.74) is -0.422. The summed E-state index contributed by atoms with van der Waals surface area (Å²) in [5.74, 6) is 0. The van der Waals surface area contributed by atoms with Crippen molar-refractivity contribution in [1.29, 1.82) is 0 Å². The Morgan fingerprint density at radius 3 is 2.47 bits per heavy atom. The molecule has 1 saturated heterocycles. The maximum atomic E-state index is 12.4. The summed E-state index contributed by atoms with van der Waals surface area (Å²) in [6, 6.07) is 4.29. The van der Waals surface area contributed by atoms with Gasteiger partial charge in [-0.05, 0) is 24.3 Å². The zero-order chi connectivity index (χ0) is 14.0. The summed E-state index contributed by atoms with van der Waals surface area (Å²) in [6.07, 6.45) is -5.13. The van der Waals surface area contributed by atoms with Crippen LogP contribution in [0.25, 0.3) is 0 Å². The Balaban J connectivity index is 2.13. The fraction of sp³-hybridized carbons (Fsp3) is 0.417. The summed E-state index contributed by atoms with van der Waals surface area (Å²) in [7, 11) is 0. The Labute approximate surface area is 107 Å². The number of amides is 1. The van der Waals surface area contributed by atoms with Gasteiger partial charge in [-0.1, -0.05) is 0 Å². The molecule has 1 aliphatic heterocycles. The molecule has 2 rings (SSSR count). The highest BCUT2D eigenvalue weighted by molar-refractivity contribution is 5.89. The Bertz CT molecular complexity index is 458. The summed E-state index contributed by atoms with van der Waals surface area (Å²) in [4.78, 5) is 12.8. The molecule has 19 heavy (non-hydrogen) atoms. The number of cyclic esters (lactones) is 1. The average molecular weight is 275 g/mol. The molecule has 7 heteroatoms. The summed E-state index contributed by atoms with van der Waals surface area (Å²) >= 11 is 0. The topological polar surface area (TPSA) is 49.8 Å². The number of aliphatic hydroxyl groups excluding tert-OH is 1. The average Bonchev–Trinajstić information content (AvgIpc) is 2.70. The molecule has 0 saturated carbocycles. The number of anilines is 1. The van der Waals surface area contributed by atoms with Gasteiger partial charge in [-0.25, -0.2) is 4.79 Å². The van der Waals surface area contributed by atoms with Gasteiger partial charge in [0.2, 0.25) is 0 Å². The standard InChI is InChI=1S/C12H12F3NO3/c13-12(14,15)8-1-3-9(4-2-8)16-7-10(5-6-17)19-11(16)18/h1-4,10,17H,5-7H2. The number of alkyl halides is 3. The second kappa shape index (κ2) is 5.08. The molecule has 1 fully saturated rings. The first-order chi connectivity index (χ1) is 8.91. The third-order valence-electron chi connectivity index (χ3n) is 2.83. The number of hydrogen-bond acceptors (Lipinski definition) is 3. The number of carbonyl (C=O) groups is 1. The van der Waals surface area contributed by atoms with E-state index in [2.05, 4.69) is 0 Å². The van der Waals surface area contributed by atoms with Crippen molar-refractivity contribution in [3.63, 3.8) is 0 Å². The normalized spacial score (nSPS) is 19.7. The Morgan fingerprint density at radius 2 is 1.95 bits per heavy atom. The van der Waals surface area contributed by atoms with E-state index in [1.165, 1.54) is 17.0 Å². The Morgan fingerprint density at radius 1 is 1.32 bits per heavy atom. The zero-order valence-electron chi connectivity index (χ0n) is 9.85. The van der Waals surface area contributed by atoms with Crippen molar-refractivity contribution in [2.75, 3.05) is 18.1 Å². The van der Waals surface area contributed by atoms with E-state index in [-0.39, 0.29) is 13.2 Å². The lowest BCUT2D eigenvalue weighted by atomic mass is 10.2. The number of nitrogens with zero attached hydrogens (tertiary/aromatic N) is 1. The lowest BCUT2D eigenvalue weighted by Crippen LogP contribution is -2.24. The van der Waals surface area contributed by atoms with Crippen LogP contribution >= 0.6 is 0 Å². The van der Waals surface area contributed by atoms with Crippen LogP contribution in [-0.4, -0.2) is 30.5 Å². The summed E-state index contributed by atoms with van der Waals surface area (Å²) in [5, 5.41) is 8.76. The van der Waals surface area contributed by atoms with Gasteiger partial charge < -0.3 is 9.84 Å². The highest BCUT2D eigenvalue weighted by atomic mass is 19.4. The lowest BCUT2D eigenvalue weighted by Gasteiger charge is -2.14. The molecule has 0 spiro atoms. The van der Waals surface area contributed by atoms with Gasteiger partial charge in [0, 0.05) is 18.7 Å². The third kappa shape index (κ3) is 2.98. The van der Waals surface area contributed by atoms with Gasteiger partial charge in [0.05, 0.1) is 12.1 Å². The van der Waals surface area contributed by atoms with Gasteiger partial charge >= 0.3 is 12.3 Å². The number of ether oxygens (including phenoxy) is 1. The molecule has 1 aromatic rings. The van der Waals surface area contributed by atoms with Gasteiger partial charge in [-0.15, -0.1) is 0 Å². The van der Waals surface area contributed by atoms with Crippen LogP contribution in [0.5, 0.6) is 0 Å². The molecule has 1 atom stereocenters. The number of hydrogen-bond donors (Lipinski definition) is 1. The highest BCUT2D eigenvalue weighted by Crippen LogP contribution is 2.31. The molecule has 1 aromatic carbocycles. The number of aliphatic hydroxyl groups is 1. The van der Waals surface area contributed by atoms with E-state index >= 15 is 0 Å². The van der Waals surface area contributed by atoms with Crippen LogP contribution in [0, 0.1) is 0 Å². The van der Waals surface area contributed by atoms with Crippen molar-refractivity contribution in [3.05, 3.63) is 29.8 Å². The SMILES string of the molecule is O=C1OC(CCO)CN1c1ccc(C(F)(F)F)cc1. The summed E-state index contributed by atoms with van der Waals surface area (Å²) in [6.45, 7) is 0.115. The van der Waals surface area contributed by atoms with Crippen molar-refractivity contribution in [2.24, 2.45) is 0 Å². The van der Waals surface area contributed by atoms with E-state index in [0.717, 1.165) is 12.1 Å². The highest BCUT2D eigenvalue weighted by Gasteiger charge is 2.33. The fourth-order valence-electron chi connectivity index (χ4n) is 1.86. The first-order valence-corrected chi connectivity index (χ1v) is 5.68. The van der Waals surface area contributed by atoms with Crippen molar-refractivity contribution in [3.8, 4) is 0 Å². The monoisotopic (exact) mass is 275 g/mol. The lowest BCUT2D eigenvalue weighted by molar-refractivity contribution is -0.137. The third-order valence-corrected chi connectivity index (χ3v) is 2.83. The number of carbonyl (C=O) groups excluding carboxylic acids is 1. The number of halogens is 3. The second-order valence-electron chi connectivity index (χ2n) is 4.17. The maximum Gasteiger partial charge on any atom is 0.416 e. The minimum absolute atomic E-state index is 0.112. The van der Waals surface area contributed by atoms with Crippen LogP contribution in [0.1, 0.15) is 12.0 Å². The van der Waals surface area contributed by atoms with Crippen LogP contribution in [0.15, 0.2) is 24.3 Å². The zero-order valence-corrected chi connectivity index (χ0v) is 9.85. The van der Waals surface area contributed by atoms with Gasteiger partial charge in [0.25, 0.3) is 0 Å². The van der Waals surface area contributed by atoms with Crippen LogP contribution in [0.3, 0.4) is 0 Å².